The first-order chi connectivity index (χ1) is 14.0. The molecule has 2 aromatic rings. The van der Waals surface area contributed by atoms with Gasteiger partial charge in [-0.2, -0.15) is 0 Å². The monoisotopic (exact) mass is 451 g/mol. The van der Waals surface area contributed by atoms with Crippen LogP contribution in [0.4, 0.5) is 11.4 Å². The molecule has 29 heavy (non-hydrogen) atoms. The number of anilines is 2. The van der Waals surface area contributed by atoms with Crippen molar-refractivity contribution >= 4 is 46.2 Å². The van der Waals surface area contributed by atoms with Gasteiger partial charge in [0, 0.05) is 28.8 Å². The van der Waals surface area contributed by atoms with Gasteiger partial charge >= 0.3 is 0 Å². The Balaban J connectivity index is 1.43. The summed E-state index contributed by atoms with van der Waals surface area (Å²) in [6, 6.07) is 11.9. The standard InChI is InChI=1S/C23H28Cl3N3/c1-15(20-4-2-18(24)12-22(20)26)28-23-13-19(3-5-21(23)25)29-10-7-16(8-11-29)17-6-9-27-14-17/h2-5,12-13,15-17,27-28H,6-11,14H2,1H3/t15-,17?/m1/s1. The quantitative estimate of drug-likeness (QED) is 0.532. The minimum absolute atomic E-state index is 0.0214. The van der Waals surface area contributed by atoms with E-state index in [1.165, 1.54) is 38.0 Å². The van der Waals surface area contributed by atoms with E-state index in [0.29, 0.717) is 10.0 Å². The third-order valence-corrected chi connectivity index (χ3v) is 7.31. The number of nitrogens with zero attached hydrogens (tertiary/aromatic N) is 1. The van der Waals surface area contributed by atoms with Crippen molar-refractivity contribution < 1.29 is 0 Å². The lowest BCUT2D eigenvalue weighted by Gasteiger charge is -2.36. The van der Waals surface area contributed by atoms with Crippen LogP contribution >= 0.6 is 34.8 Å². The fraction of sp³-hybridized carbons (Fsp3) is 0.478. The molecule has 0 bridgehead atoms. The molecular formula is C23H28Cl3N3. The maximum atomic E-state index is 6.50. The van der Waals surface area contributed by atoms with Gasteiger partial charge in [0.25, 0.3) is 0 Å². The highest BCUT2D eigenvalue weighted by Gasteiger charge is 2.28. The summed E-state index contributed by atoms with van der Waals surface area (Å²) in [4.78, 5) is 2.49. The molecule has 2 N–H and O–H groups in total. The second-order valence-electron chi connectivity index (χ2n) is 8.27. The van der Waals surface area contributed by atoms with E-state index in [-0.39, 0.29) is 6.04 Å². The van der Waals surface area contributed by atoms with E-state index in [4.69, 9.17) is 34.8 Å². The van der Waals surface area contributed by atoms with Crippen LogP contribution in [0.3, 0.4) is 0 Å². The first-order valence-corrected chi connectivity index (χ1v) is 11.6. The minimum atomic E-state index is 0.0214. The molecule has 2 heterocycles. The van der Waals surface area contributed by atoms with Crippen LogP contribution in [0.1, 0.15) is 37.8 Å². The maximum Gasteiger partial charge on any atom is 0.0639 e. The van der Waals surface area contributed by atoms with Crippen molar-refractivity contribution in [2.75, 3.05) is 36.4 Å². The Kier molecular flexibility index (Phi) is 6.80. The molecule has 0 aliphatic carbocycles. The van der Waals surface area contributed by atoms with E-state index in [2.05, 4.69) is 34.6 Å². The average Bonchev–Trinajstić information content (AvgIpc) is 3.24. The fourth-order valence-corrected chi connectivity index (χ4v) is 5.44. The molecule has 0 aromatic heterocycles. The molecule has 0 amide bonds. The van der Waals surface area contributed by atoms with Crippen molar-refractivity contribution in [3.8, 4) is 0 Å². The number of piperidine rings is 1. The van der Waals surface area contributed by atoms with Crippen molar-refractivity contribution in [2.24, 2.45) is 11.8 Å². The van der Waals surface area contributed by atoms with Crippen LogP contribution in [0.2, 0.25) is 15.1 Å². The third-order valence-electron chi connectivity index (χ3n) is 6.42. The van der Waals surface area contributed by atoms with Crippen LogP contribution in [0.25, 0.3) is 0 Å². The Labute approximate surface area is 188 Å². The Morgan fingerprint density at radius 1 is 0.966 bits per heavy atom. The Hall–Kier alpha value is -1.13. The van der Waals surface area contributed by atoms with Crippen molar-refractivity contribution in [3.05, 3.63) is 57.0 Å². The number of hydrogen-bond acceptors (Lipinski definition) is 3. The van der Waals surface area contributed by atoms with E-state index in [9.17, 15) is 0 Å². The van der Waals surface area contributed by atoms with E-state index < -0.39 is 0 Å². The number of hydrogen-bond donors (Lipinski definition) is 2. The highest BCUT2D eigenvalue weighted by molar-refractivity contribution is 6.35. The second-order valence-corrected chi connectivity index (χ2v) is 9.52. The molecule has 2 aromatic carbocycles. The van der Waals surface area contributed by atoms with Crippen LogP contribution in [0.15, 0.2) is 36.4 Å². The summed E-state index contributed by atoms with van der Waals surface area (Å²) in [7, 11) is 0. The minimum Gasteiger partial charge on any atom is -0.377 e. The van der Waals surface area contributed by atoms with Gasteiger partial charge in [-0.25, -0.2) is 0 Å². The van der Waals surface area contributed by atoms with Gasteiger partial charge in [0.1, 0.15) is 0 Å². The Morgan fingerprint density at radius 2 is 1.76 bits per heavy atom. The molecule has 2 fully saturated rings. The zero-order valence-corrected chi connectivity index (χ0v) is 19.0. The van der Waals surface area contributed by atoms with Gasteiger partial charge in [-0.1, -0.05) is 40.9 Å². The summed E-state index contributed by atoms with van der Waals surface area (Å²) < 4.78 is 0. The maximum absolute atomic E-state index is 6.50. The summed E-state index contributed by atoms with van der Waals surface area (Å²) in [5.41, 5.74) is 3.17. The van der Waals surface area contributed by atoms with Gasteiger partial charge in [0.15, 0.2) is 0 Å². The predicted molar refractivity (Wildman–Crippen MR) is 126 cm³/mol. The molecule has 4 rings (SSSR count). The summed E-state index contributed by atoms with van der Waals surface area (Å²) >= 11 is 18.9. The largest absolute Gasteiger partial charge is 0.377 e. The molecule has 0 saturated carbocycles. The van der Waals surface area contributed by atoms with E-state index >= 15 is 0 Å². The first-order valence-electron chi connectivity index (χ1n) is 10.5. The highest BCUT2D eigenvalue weighted by atomic mass is 35.5. The van der Waals surface area contributed by atoms with Crippen LogP contribution in [0.5, 0.6) is 0 Å². The lowest BCUT2D eigenvalue weighted by molar-refractivity contribution is 0.292. The predicted octanol–water partition coefficient (Wildman–Crippen LogP) is 6.65. The smallest absolute Gasteiger partial charge is 0.0639 e. The van der Waals surface area contributed by atoms with Gasteiger partial charge in [-0.3, -0.25) is 0 Å². The fourth-order valence-electron chi connectivity index (χ4n) is 4.69. The average molecular weight is 453 g/mol. The van der Waals surface area contributed by atoms with Crippen LogP contribution in [-0.4, -0.2) is 26.2 Å². The summed E-state index contributed by atoms with van der Waals surface area (Å²) in [5.74, 6) is 1.72. The number of benzene rings is 2. The van der Waals surface area contributed by atoms with Crippen molar-refractivity contribution in [2.45, 2.75) is 32.2 Å². The van der Waals surface area contributed by atoms with Crippen LogP contribution in [0, 0.1) is 11.8 Å². The summed E-state index contributed by atoms with van der Waals surface area (Å²) in [5, 5.41) is 9.06. The molecule has 2 saturated heterocycles. The zero-order chi connectivity index (χ0) is 20.4. The van der Waals surface area contributed by atoms with Gasteiger partial charge in [-0.15, -0.1) is 0 Å². The SMILES string of the molecule is C[C@@H](Nc1cc(N2CCC(C3CCNC3)CC2)ccc1Cl)c1ccc(Cl)cc1Cl. The second kappa shape index (κ2) is 9.34. The highest BCUT2D eigenvalue weighted by Crippen LogP contribution is 2.35. The van der Waals surface area contributed by atoms with Gasteiger partial charge in [-0.05, 0) is 87.0 Å². The lowest BCUT2D eigenvalue weighted by Crippen LogP contribution is -2.36. The van der Waals surface area contributed by atoms with Gasteiger partial charge in [0.2, 0.25) is 0 Å². The molecule has 2 atom stereocenters. The molecule has 2 aliphatic heterocycles. The van der Waals surface area contributed by atoms with Gasteiger partial charge < -0.3 is 15.5 Å². The number of rotatable bonds is 5. The molecular weight excluding hydrogens is 425 g/mol. The van der Waals surface area contributed by atoms with Crippen molar-refractivity contribution in [3.63, 3.8) is 0 Å². The molecule has 1 unspecified atom stereocenters. The van der Waals surface area contributed by atoms with E-state index in [0.717, 1.165) is 41.2 Å². The molecule has 2 aliphatic rings. The van der Waals surface area contributed by atoms with Crippen molar-refractivity contribution in [1.29, 1.82) is 0 Å². The summed E-state index contributed by atoms with van der Waals surface area (Å²) in [6.45, 7) is 6.69. The third kappa shape index (κ3) is 4.96. The molecule has 0 spiro atoms. The molecule has 0 radical (unpaired) electrons. The summed E-state index contributed by atoms with van der Waals surface area (Å²) in [6.07, 6.45) is 3.88. The van der Waals surface area contributed by atoms with E-state index in [1.807, 2.05) is 18.2 Å². The van der Waals surface area contributed by atoms with Gasteiger partial charge in [0.05, 0.1) is 16.8 Å². The zero-order valence-electron chi connectivity index (χ0n) is 16.7. The first kappa shape index (κ1) is 21.1. The van der Waals surface area contributed by atoms with Crippen LogP contribution < -0.4 is 15.5 Å². The van der Waals surface area contributed by atoms with Crippen molar-refractivity contribution in [1.82, 2.24) is 5.32 Å². The Bertz CT molecular complexity index is 843. The molecule has 6 heteroatoms. The Morgan fingerprint density at radius 3 is 2.45 bits per heavy atom. The lowest BCUT2D eigenvalue weighted by atomic mass is 9.83. The number of nitrogens with one attached hydrogen (secondary N) is 2. The van der Waals surface area contributed by atoms with E-state index in [1.54, 1.807) is 6.07 Å². The topological polar surface area (TPSA) is 27.3 Å². The normalized spacial score (nSPS) is 21.4. The molecule has 156 valence electrons. The van der Waals surface area contributed by atoms with Crippen LogP contribution in [-0.2, 0) is 0 Å². The number of halogens is 3. The molecule has 3 nitrogen and oxygen atoms in total.